The first-order valence-corrected chi connectivity index (χ1v) is 9.47. The van der Waals surface area contributed by atoms with Gasteiger partial charge < -0.3 is 20.5 Å². The smallest absolute Gasteiger partial charge is 0.225 e. The van der Waals surface area contributed by atoms with Crippen molar-refractivity contribution in [1.29, 1.82) is 0 Å². The minimum atomic E-state index is 0.114. The molecule has 3 heterocycles. The molecule has 0 atom stereocenters. The van der Waals surface area contributed by atoms with Crippen molar-refractivity contribution in [3.8, 4) is 0 Å². The van der Waals surface area contributed by atoms with Gasteiger partial charge >= 0.3 is 0 Å². The molecule has 0 aliphatic heterocycles. The number of hydrogen-bond donors (Lipinski definition) is 3. The van der Waals surface area contributed by atoms with E-state index in [4.69, 9.17) is 14.9 Å². The highest BCUT2D eigenvalue weighted by atomic mass is 16.5. The number of fused-ring (bicyclic) bond motifs is 1. The standard InChI is InChI=1S/C19H27N7O2/c1-4-14-16-17(26(25-14)9-11-28-3)18(22-15-7-6-13(2)12-21-15)24-19(23-16)20-8-5-10-27/h6-7,12,27H,4-5,8-11H2,1-3H3,(H2,20,21,22,23,24). The van der Waals surface area contributed by atoms with Crippen molar-refractivity contribution in [3.05, 3.63) is 29.6 Å². The number of aliphatic hydroxyl groups is 1. The van der Waals surface area contributed by atoms with Crippen LogP contribution in [0.1, 0.15) is 24.6 Å². The van der Waals surface area contributed by atoms with Gasteiger partial charge in [0, 0.05) is 26.5 Å². The molecule has 3 aromatic rings. The maximum Gasteiger partial charge on any atom is 0.225 e. The number of pyridine rings is 1. The zero-order chi connectivity index (χ0) is 19.9. The Morgan fingerprint density at radius 1 is 1.25 bits per heavy atom. The Morgan fingerprint density at radius 2 is 2.11 bits per heavy atom. The van der Waals surface area contributed by atoms with E-state index in [-0.39, 0.29) is 6.61 Å². The molecule has 0 saturated carbocycles. The molecule has 3 rings (SSSR count). The molecule has 9 heteroatoms. The van der Waals surface area contributed by atoms with Crippen molar-refractivity contribution in [2.45, 2.75) is 33.2 Å². The number of aromatic nitrogens is 5. The van der Waals surface area contributed by atoms with Gasteiger partial charge in [0.15, 0.2) is 5.82 Å². The molecule has 0 amide bonds. The predicted molar refractivity (Wildman–Crippen MR) is 109 cm³/mol. The average Bonchev–Trinajstić information content (AvgIpc) is 3.06. The summed E-state index contributed by atoms with van der Waals surface area (Å²) in [4.78, 5) is 13.7. The summed E-state index contributed by atoms with van der Waals surface area (Å²) < 4.78 is 7.11. The molecule has 0 aliphatic rings. The van der Waals surface area contributed by atoms with Crippen LogP contribution in [-0.4, -0.2) is 56.7 Å². The van der Waals surface area contributed by atoms with E-state index in [9.17, 15) is 0 Å². The lowest BCUT2D eigenvalue weighted by molar-refractivity contribution is 0.184. The first kappa shape index (κ1) is 20.0. The minimum absolute atomic E-state index is 0.114. The van der Waals surface area contributed by atoms with Gasteiger partial charge in [0.05, 0.1) is 18.8 Å². The third kappa shape index (κ3) is 4.55. The summed E-state index contributed by atoms with van der Waals surface area (Å²) in [6.07, 6.45) is 3.18. The van der Waals surface area contributed by atoms with Crippen LogP contribution in [0.2, 0.25) is 0 Å². The van der Waals surface area contributed by atoms with Crippen molar-refractivity contribution < 1.29 is 9.84 Å². The summed E-state index contributed by atoms with van der Waals surface area (Å²) in [7, 11) is 1.67. The number of hydrogen-bond acceptors (Lipinski definition) is 8. The van der Waals surface area contributed by atoms with Crippen molar-refractivity contribution in [1.82, 2.24) is 24.7 Å². The summed E-state index contributed by atoms with van der Waals surface area (Å²) in [6.45, 7) is 5.89. The highest BCUT2D eigenvalue weighted by Gasteiger charge is 2.18. The normalized spacial score (nSPS) is 11.1. The van der Waals surface area contributed by atoms with Crippen LogP contribution in [0, 0.1) is 6.92 Å². The number of nitrogens with one attached hydrogen (secondary N) is 2. The van der Waals surface area contributed by atoms with E-state index in [0.29, 0.717) is 43.7 Å². The highest BCUT2D eigenvalue weighted by molar-refractivity contribution is 5.90. The fourth-order valence-corrected chi connectivity index (χ4v) is 2.83. The molecule has 28 heavy (non-hydrogen) atoms. The van der Waals surface area contributed by atoms with Crippen LogP contribution in [0.15, 0.2) is 18.3 Å². The number of anilines is 3. The van der Waals surface area contributed by atoms with Crippen LogP contribution >= 0.6 is 0 Å². The summed E-state index contributed by atoms with van der Waals surface area (Å²) >= 11 is 0. The van der Waals surface area contributed by atoms with E-state index in [1.807, 2.05) is 23.7 Å². The molecule has 0 saturated heterocycles. The van der Waals surface area contributed by atoms with Gasteiger partial charge in [-0.3, -0.25) is 4.68 Å². The Kier molecular flexibility index (Phi) is 6.72. The van der Waals surface area contributed by atoms with Crippen molar-refractivity contribution in [2.24, 2.45) is 0 Å². The van der Waals surface area contributed by atoms with Gasteiger partial charge in [-0.2, -0.15) is 10.1 Å². The Labute approximate surface area is 164 Å². The second-order valence-corrected chi connectivity index (χ2v) is 6.46. The highest BCUT2D eigenvalue weighted by Crippen LogP contribution is 2.27. The fourth-order valence-electron chi connectivity index (χ4n) is 2.83. The Morgan fingerprint density at radius 3 is 2.79 bits per heavy atom. The van der Waals surface area contributed by atoms with Gasteiger partial charge in [-0.25, -0.2) is 9.97 Å². The number of ether oxygens (including phenoxy) is 1. The Balaban J connectivity index is 2.06. The number of aliphatic hydroxyl groups excluding tert-OH is 1. The quantitative estimate of drug-likeness (QED) is 0.456. The number of methoxy groups -OCH3 is 1. The van der Waals surface area contributed by atoms with Crippen molar-refractivity contribution in [2.75, 3.05) is 37.5 Å². The van der Waals surface area contributed by atoms with Crippen LogP contribution < -0.4 is 10.6 Å². The Bertz CT molecular complexity index is 909. The van der Waals surface area contributed by atoms with E-state index in [1.165, 1.54) is 0 Å². The lowest BCUT2D eigenvalue weighted by atomic mass is 10.2. The van der Waals surface area contributed by atoms with Crippen LogP contribution in [0.3, 0.4) is 0 Å². The average molecular weight is 385 g/mol. The van der Waals surface area contributed by atoms with Crippen molar-refractivity contribution in [3.63, 3.8) is 0 Å². The third-order valence-corrected chi connectivity index (χ3v) is 4.27. The molecule has 3 aromatic heterocycles. The molecule has 0 unspecified atom stereocenters. The van der Waals surface area contributed by atoms with E-state index in [2.05, 4.69) is 32.5 Å². The van der Waals surface area contributed by atoms with Crippen LogP contribution in [-0.2, 0) is 17.7 Å². The SMILES string of the molecule is CCc1nn(CCOC)c2c(Nc3ccc(C)cn3)nc(NCCCO)nc12. The second kappa shape index (κ2) is 9.43. The van der Waals surface area contributed by atoms with Gasteiger partial charge in [0.1, 0.15) is 16.9 Å². The van der Waals surface area contributed by atoms with Gasteiger partial charge in [-0.1, -0.05) is 13.0 Å². The van der Waals surface area contributed by atoms with E-state index < -0.39 is 0 Å². The second-order valence-electron chi connectivity index (χ2n) is 6.46. The number of nitrogens with zero attached hydrogens (tertiary/aromatic N) is 5. The summed E-state index contributed by atoms with van der Waals surface area (Å²) in [5.74, 6) is 1.83. The third-order valence-electron chi connectivity index (χ3n) is 4.27. The lowest BCUT2D eigenvalue weighted by Gasteiger charge is -2.11. The topological polar surface area (TPSA) is 110 Å². The number of rotatable bonds is 10. The summed E-state index contributed by atoms with van der Waals surface area (Å²) in [5, 5.41) is 20.2. The lowest BCUT2D eigenvalue weighted by Crippen LogP contribution is -2.11. The minimum Gasteiger partial charge on any atom is -0.396 e. The maximum atomic E-state index is 9.03. The number of aryl methyl sites for hydroxylation is 2. The molecular formula is C19H27N7O2. The molecule has 0 spiro atoms. The zero-order valence-corrected chi connectivity index (χ0v) is 16.6. The molecule has 0 fully saturated rings. The Hall–Kier alpha value is -2.78. The largest absolute Gasteiger partial charge is 0.396 e. The first-order chi connectivity index (χ1) is 13.7. The molecule has 3 N–H and O–H groups in total. The van der Waals surface area contributed by atoms with Gasteiger partial charge in [0.2, 0.25) is 5.95 Å². The van der Waals surface area contributed by atoms with Crippen LogP contribution in [0.5, 0.6) is 0 Å². The molecule has 9 nitrogen and oxygen atoms in total. The summed E-state index contributed by atoms with van der Waals surface area (Å²) in [5.41, 5.74) is 3.61. The molecule has 0 radical (unpaired) electrons. The first-order valence-electron chi connectivity index (χ1n) is 9.47. The van der Waals surface area contributed by atoms with Crippen molar-refractivity contribution >= 4 is 28.6 Å². The van der Waals surface area contributed by atoms with Gasteiger partial charge in [0.25, 0.3) is 0 Å². The maximum absolute atomic E-state index is 9.03. The van der Waals surface area contributed by atoms with Crippen LogP contribution in [0.25, 0.3) is 11.0 Å². The molecule has 0 aromatic carbocycles. The monoisotopic (exact) mass is 385 g/mol. The van der Waals surface area contributed by atoms with E-state index >= 15 is 0 Å². The van der Waals surface area contributed by atoms with E-state index in [1.54, 1.807) is 13.3 Å². The zero-order valence-electron chi connectivity index (χ0n) is 16.6. The van der Waals surface area contributed by atoms with Gasteiger partial charge in [-0.15, -0.1) is 0 Å². The summed E-state index contributed by atoms with van der Waals surface area (Å²) in [6, 6.07) is 3.91. The van der Waals surface area contributed by atoms with E-state index in [0.717, 1.165) is 28.7 Å². The molecule has 150 valence electrons. The molecule has 0 aliphatic carbocycles. The predicted octanol–water partition coefficient (Wildman–Crippen LogP) is 2.28. The van der Waals surface area contributed by atoms with Crippen LogP contribution in [0.4, 0.5) is 17.6 Å². The van der Waals surface area contributed by atoms with Gasteiger partial charge in [-0.05, 0) is 31.4 Å². The molecule has 0 bridgehead atoms. The fraction of sp³-hybridized carbons (Fsp3) is 0.474. The molecular weight excluding hydrogens is 358 g/mol.